The smallest absolute Gasteiger partial charge is 0.224 e. The summed E-state index contributed by atoms with van der Waals surface area (Å²) < 4.78 is 0. The highest BCUT2D eigenvalue weighted by molar-refractivity contribution is 5.92. The predicted octanol–water partition coefficient (Wildman–Crippen LogP) is 1.08. The molecule has 0 unspecified atom stereocenters. The number of amides is 2. The lowest BCUT2D eigenvalue weighted by atomic mass is 10.2. The van der Waals surface area contributed by atoms with Crippen LogP contribution in [0.4, 0.5) is 5.69 Å². The Balaban J connectivity index is 1.98. The first-order valence-corrected chi connectivity index (χ1v) is 7.76. The van der Waals surface area contributed by atoms with Gasteiger partial charge in [0.25, 0.3) is 0 Å². The van der Waals surface area contributed by atoms with Crippen molar-refractivity contribution < 1.29 is 9.59 Å². The zero-order chi connectivity index (χ0) is 16.8. The molecule has 1 fully saturated rings. The topological polar surface area (TPSA) is 67.7 Å². The zero-order valence-electron chi connectivity index (χ0n) is 13.7. The highest BCUT2D eigenvalue weighted by Crippen LogP contribution is 2.17. The molecule has 1 aromatic rings. The largest absolute Gasteiger partial charge is 0.340 e. The molecule has 2 rings (SSSR count). The van der Waals surface area contributed by atoms with E-state index in [1.807, 2.05) is 11.9 Å². The lowest BCUT2D eigenvalue weighted by Gasteiger charge is -2.33. The molecule has 0 N–H and O–H groups in total. The van der Waals surface area contributed by atoms with Gasteiger partial charge in [-0.05, 0) is 25.2 Å². The Labute approximate surface area is 136 Å². The van der Waals surface area contributed by atoms with Crippen LogP contribution in [0.3, 0.4) is 0 Å². The van der Waals surface area contributed by atoms with E-state index in [2.05, 4.69) is 11.0 Å². The van der Waals surface area contributed by atoms with Gasteiger partial charge in [-0.1, -0.05) is 6.07 Å². The van der Waals surface area contributed by atoms with E-state index in [0.29, 0.717) is 24.2 Å². The molecule has 6 nitrogen and oxygen atoms in total. The number of piperazine rings is 1. The molecule has 1 aliphatic rings. The number of anilines is 1. The normalized spacial score (nSPS) is 15.1. The van der Waals surface area contributed by atoms with Gasteiger partial charge < -0.3 is 14.7 Å². The molecule has 1 aliphatic heterocycles. The summed E-state index contributed by atoms with van der Waals surface area (Å²) in [4.78, 5) is 29.8. The Morgan fingerprint density at radius 1 is 1.26 bits per heavy atom. The van der Waals surface area contributed by atoms with Gasteiger partial charge in [0.15, 0.2) is 0 Å². The van der Waals surface area contributed by atoms with Crippen LogP contribution in [0.15, 0.2) is 24.3 Å². The Kier molecular flexibility index (Phi) is 5.72. The molecule has 0 aliphatic carbocycles. The summed E-state index contributed by atoms with van der Waals surface area (Å²) in [6.45, 7) is 5.03. The third-order valence-electron chi connectivity index (χ3n) is 4.07. The minimum absolute atomic E-state index is 0.0702. The molecule has 0 saturated carbocycles. The fraction of sp³-hybridized carbons (Fsp3) is 0.471. The average Bonchev–Trinajstić information content (AvgIpc) is 2.55. The number of rotatable bonds is 4. The average molecular weight is 314 g/mol. The summed E-state index contributed by atoms with van der Waals surface area (Å²) in [6, 6.07) is 8.95. The van der Waals surface area contributed by atoms with Crippen LogP contribution in [-0.2, 0) is 9.59 Å². The lowest BCUT2D eigenvalue weighted by Crippen LogP contribution is -2.47. The number of benzene rings is 1. The molecule has 122 valence electrons. The summed E-state index contributed by atoms with van der Waals surface area (Å²) in [7, 11) is 2.04. The standard InChI is InChI=1S/C17H22N4O2/c1-14(22)21(16-5-3-4-15(12-16)13-18)7-6-17(23)20-10-8-19(2)9-11-20/h3-5,12H,6-11H2,1-2H3. The number of hydrogen-bond acceptors (Lipinski definition) is 4. The summed E-state index contributed by atoms with van der Waals surface area (Å²) in [5.74, 6) is -0.0629. The molecule has 1 heterocycles. The van der Waals surface area contributed by atoms with Crippen LogP contribution in [0.1, 0.15) is 18.9 Å². The third-order valence-corrected chi connectivity index (χ3v) is 4.07. The molecule has 0 spiro atoms. The number of nitrogens with zero attached hydrogens (tertiary/aromatic N) is 4. The Morgan fingerprint density at radius 2 is 1.96 bits per heavy atom. The number of nitriles is 1. The first-order valence-electron chi connectivity index (χ1n) is 7.76. The molecular formula is C17H22N4O2. The van der Waals surface area contributed by atoms with Crippen molar-refractivity contribution in [3.8, 4) is 6.07 Å². The van der Waals surface area contributed by atoms with Crippen LogP contribution in [0.5, 0.6) is 0 Å². The second kappa shape index (κ2) is 7.75. The molecule has 0 atom stereocenters. The maximum absolute atomic E-state index is 12.3. The SMILES string of the molecule is CC(=O)N(CCC(=O)N1CCN(C)CC1)c1cccc(C#N)c1. The van der Waals surface area contributed by atoms with Gasteiger partial charge in [0.05, 0.1) is 11.6 Å². The molecule has 1 saturated heterocycles. The second-order valence-corrected chi connectivity index (χ2v) is 5.77. The van der Waals surface area contributed by atoms with E-state index < -0.39 is 0 Å². The van der Waals surface area contributed by atoms with Crippen LogP contribution in [-0.4, -0.2) is 61.4 Å². The fourth-order valence-corrected chi connectivity index (χ4v) is 2.63. The lowest BCUT2D eigenvalue weighted by molar-refractivity contribution is -0.132. The fourth-order valence-electron chi connectivity index (χ4n) is 2.63. The minimum Gasteiger partial charge on any atom is -0.340 e. The molecule has 6 heteroatoms. The molecule has 0 bridgehead atoms. The van der Waals surface area contributed by atoms with Crippen molar-refractivity contribution in [2.75, 3.05) is 44.7 Å². The van der Waals surface area contributed by atoms with Crippen molar-refractivity contribution in [2.45, 2.75) is 13.3 Å². The molecular weight excluding hydrogens is 292 g/mol. The number of hydrogen-bond donors (Lipinski definition) is 0. The Hall–Kier alpha value is -2.39. The van der Waals surface area contributed by atoms with Crippen molar-refractivity contribution in [2.24, 2.45) is 0 Å². The zero-order valence-corrected chi connectivity index (χ0v) is 13.7. The van der Waals surface area contributed by atoms with Crippen molar-refractivity contribution in [1.29, 1.82) is 5.26 Å². The molecule has 2 amide bonds. The van der Waals surface area contributed by atoms with Gasteiger partial charge in [-0.25, -0.2) is 0 Å². The number of likely N-dealkylation sites (N-methyl/N-ethyl adjacent to an activating group) is 1. The maximum atomic E-state index is 12.3. The van der Waals surface area contributed by atoms with E-state index in [0.717, 1.165) is 26.2 Å². The predicted molar refractivity (Wildman–Crippen MR) is 87.9 cm³/mol. The highest BCUT2D eigenvalue weighted by Gasteiger charge is 2.20. The first kappa shape index (κ1) is 17.0. The van der Waals surface area contributed by atoms with Crippen molar-refractivity contribution in [3.63, 3.8) is 0 Å². The van der Waals surface area contributed by atoms with Gasteiger partial charge in [0.1, 0.15) is 0 Å². The molecule has 0 aromatic heterocycles. The summed E-state index contributed by atoms with van der Waals surface area (Å²) in [6.07, 6.45) is 0.292. The van der Waals surface area contributed by atoms with Crippen LogP contribution >= 0.6 is 0 Å². The molecule has 1 aromatic carbocycles. The summed E-state index contributed by atoms with van der Waals surface area (Å²) in [5, 5.41) is 8.97. The van der Waals surface area contributed by atoms with Crippen LogP contribution in [0.2, 0.25) is 0 Å². The summed E-state index contributed by atoms with van der Waals surface area (Å²) in [5.41, 5.74) is 1.15. The van der Waals surface area contributed by atoms with Crippen LogP contribution in [0, 0.1) is 11.3 Å². The van der Waals surface area contributed by atoms with Gasteiger partial charge in [0.2, 0.25) is 11.8 Å². The van der Waals surface area contributed by atoms with Crippen molar-refractivity contribution in [3.05, 3.63) is 29.8 Å². The number of carbonyl (C=O) groups excluding carboxylic acids is 2. The molecule has 0 radical (unpaired) electrons. The summed E-state index contributed by atoms with van der Waals surface area (Å²) >= 11 is 0. The van der Waals surface area contributed by atoms with E-state index in [9.17, 15) is 9.59 Å². The van der Waals surface area contributed by atoms with Crippen LogP contribution in [0.25, 0.3) is 0 Å². The monoisotopic (exact) mass is 314 g/mol. The Bertz CT molecular complexity index is 615. The van der Waals surface area contributed by atoms with Gasteiger partial charge in [0, 0.05) is 51.8 Å². The van der Waals surface area contributed by atoms with Gasteiger partial charge in [-0.15, -0.1) is 0 Å². The first-order chi connectivity index (χ1) is 11.0. The Morgan fingerprint density at radius 3 is 2.57 bits per heavy atom. The van der Waals surface area contributed by atoms with E-state index in [4.69, 9.17) is 5.26 Å². The van der Waals surface area contributed by atoms with Gasteiger partial charge in [-0.3, -0.25) is 9.59 Å². The van der Waals surface area contributed by atoms with Crippen LogP contribution < -0.4 is 4.90 Å². The molecule has 23 heavy (non-hydrogen) atoms. The minimum atomic E-state index is -0.133. The van der Waals surface area contributed by atoms with E-state index >= 15 is 0 Å². The van der Waals surface area contributed by atoms with E-state index in [1.54, 1.807) is 29.2 Å². The van der Waals surface area contributed by atoms with Crippen molar-refractivity contribution in [1.82, 2.24) is 9.80 Å². The second-order valence-electron chi connectivity index (χ2n) is 5.77. The number of carbonyl (C=O) groups is 2. The van der Waals surface area contributed by atoms with Gasteiger partial charge in [-0.2, -0.15) is 5.26 Å². The van der Waals surface area contributed by atoms with Crippen molar-refractivity contribution >= 4 is 17.5 Å². The highest BCUT2D eigenvalue weighted by atomic mass is 16.2. The van der Waals surface area contributed by atoms with E-state index in [-0.39, 0.29) is 11.8 Å². The van der Waals surface area contributed by atoms with Gasteiger partial charge >= 0.3 is 0 Å². The maximum Gasteiger partial charge on any atom is 0.224 e. The van der Waals surface area contributed by atoms with E-state index in [1.165, 1.54) is 6.92 Å². The quantitative estimate of drug-likeness (QED) is 0.834. The third kappa shape index (κ3) is 4.54.